The highest BCUT2D eigenvalue weighted by Crippen LogP contribution is 2.49. The first-order chi connectivity index (χ1) is 26.2. The van der Waals surface area contributed by atoms with Gasteiger partial charge in [0.15, 0.2) is 5.82 Å². The number of benzene rings is 7. The second kappa shape index (κ2) is 12.3. The highest BCUT2D eigenvalue weighted by molar-refractivity contribution is 6.34. The third kappa shape index (κ3) is 4.69. The Kier molecular flexibility index (Phi) is 7.15. The van der Waals surface area contributed by atoms with Gasteiger partial charge in [0.05, 0.1) is 39.8 Å². The fourth-order valence-electron chi connectivity index (χ4n) is 8.20. The largest absolute Gasteiger partial charge is 0.308 e. The molecule has 0 fully saturated rings. The SMILES string of the molecule is C=Cc1c(-c2ccccc2C)n(-c2ccccc2)c2c3ccccc3c3c(c4ccccc4n3-c3cnc(-c4ccccc4)nc3-c3ccccc3)c12. The number of hydrogen-bond acceptors (Lipinski definition) is 2. The Morgan fingerprint density at radius 2 is 1.11 bits per heavy atom. The van der Waals surface area contributed by atoms with E-state index in [0.717, 1.165) is 72.2 Å². The molecule has 250 valence electrons. The number of fused-ring (bicyclic) bond motifs is 8. The van der Waals surface area contributed by atoms with Crippen LogP contribution in [0.4, 0.5) is 0 Å². The van der Waals surface area contributed by atoms with Crippen LogP contribution in [0.2, 0.25) is 0 Å². The average molecular weight is 679 g/mol. The molecule has 3 heterocycles. The molecule has 53 heavy (non-hydrogen) atoms. The summed E-state index contributed by atoms with van der Waals surface area (Å²) in [6, 6.07) is 57.6. The molecule has 0 atom stereocenters. The second-order valence-electron chi connectivity index (χ2n) is 13.5. The average Bonchev–Trinajstić information content (AvgIpc) is 3.75. The smallest absolute Gasteiger partial charge is 0.159 e. The molecule has 0 unspecified atom stereocenters. The first-order valence-electron chi connectivity index (χ1n) is 18.0. The first-order valence-corrected chi connectivity index (χ1v) is 18.0. The van der Waals surface area contributed by atoms with Crippen LogP contribution in [0.5, 0.6) is 0 Å². The Balaban J connectivity index is 1.44. The van der Waals surface area contributed by atoms with Crippen LogP contribution in [-0.4, -0.2) is 19.1 Å². The Morgan fingerprint density at radius 3 is 1.79 bits per heavy atom. The lowest BCUT2D eigenvalue weighted by molar-refractivity contribution is 1.09. The van der Waals surface area contributed by atoms with Crippen LogP contribution in [0.25, 0.3) is 94.8 Å². The van der Waals surface area contributed by atoms with Gasteiger partial charge in [-0.05, 0) is 30.7 Å². The third-order valence-electron chi connectivity index (χ3n) is 10.5. The van der Waals surface area contributed by atoms with Crippen molar-refractivity contribution in [1.82, 2.24) is 19.1 Å². The van der Waals surface area contributed by atoms with Gasteiger partial charge in [0.25, 0.3) is 0 Å². The molecule has 7 aromatic carbocycles. The summed E-state index contributed by atoms with van der Waals surface area (Å²) < 4.78 is 4.85. The minimum Gasteiger partial charge on any atom is -0.308 e. The first kappa shape index (κ1) is 30.8. The van der Waals surface area contributed by atoms with Gasteiger partial charge in [0.2, 0.25) is 0 Å². The molecule has 0 bridgehead atoms. The standard InChI is InChI=1S/C49H34N4/c1-3-36-43-44-40-29-17-18-30-41(40)53(42-31-50-49(34-22-9-5-10-23-34)51-45(42)33-20-7-4-8-21-33)48(44)39-28-16-15-27-38(39)47(43)52(35-24-11-6-12-25-35)46(36)37-26-14-13-19-32(37)2/h3-31H,1H2,2H3. The molecule has 0 aliphatic heterocycles. The molecule has 0 aliphatic rings. The van der Waals surface area contributed by atoms with Gasteiger partial charge < -0.3 is 9.13 Å². The zero-order valence-electron chi connectivity index (χ0n) is 29.2. The summed E-state index contributed by atoms with van der Waals surface area (Å²) in [5.41, 5.74) is 12.9. The number of aryl methyl sites for hydroxylation is 1. The summed E-state index contributed by atoms with van der Waals surface area (Å²) in [6.45, 7) is 6.68. The van der Waals surface area contributed by atoms with E-state index in [-0.39, 0.29) is 0 Å². The van der Waals surface area contributed by atoms with E-state index in [1.165, 1.54) is 21.9 Å². The maximum atomic E-state index is 5.31. The summed E-state index contributed by atoms with van der Waals surface area (Å²) in [7, 11) is 0. The van der Waals surface area contributed by atoms with Crippen LogP contribution < -0.4 is 0 Å². The van der Waals surface area contributed by atoms with Crippen LogP contribution in [0.15, 0.2) is 177 Å². The molecule has 4 nitrogen and oxygen atoms in total. The minimum atomic E-state index is 0.693. The number of rotatable bonds is 6. The molecule has 0 radical (unpaired) electrons. The Labute approximate surface area is 307 Å². The molecular formula is C49H34N4. The molecule has 0 aliphatic carbocycles. The third-order valence-corrected chi connectivity index (χ3v) is 10.5. The zero-order chi connectivity index (χ0) is 35.5. The Hall–Kier alpha value is -7.04. The lowest BCUT2D eigenvalue weighted by Gasteiger charge is -2.16. The van der Waals surface area contributed by atoms with E-state index in [0.29, 0.717) is 5.82 Å². The molecule has 10 aromatic rings. The van der Waals surface area contributed by atoms with Crippen molar-refractivity contribution in [2.75, 3.05) is 0 Å². The van der Waals surface area contributed by atoms with E-state index in [4.69, 9.17) is 9.97 Å². The Morgan fingerprint density at radius 1 is 0.547 bits per heavy atom. The summed E-state index contributed by atoms with van der Waals surface area (Å²) in [4.78, 5) is 10.3. The van der Waals surface area contributed by atoms with Crippen molar-refractivity contribution >= 4 is 49.6 Å². The second-order valence-corrected chi connectivity index (χ2v) is 13.5. The monoisotopic (exact) mass is 678 g/mol. The van der Waals surface area contributed by atoms with E-state index in [2.05, 4.69) is 168 Å². The van der Waals surface area contributed by atoms with Crippen molar-refractivity contribution in [3.05, 3.63) is 188 Å². The van der Waals surface area contributed by atoms with E-state index in [1.807, 2.05) is 30.5 Å². The predicted molar refractivity (Wildman–Crippen MR) is 222 cm³/mol. The van der Waals surface area contributed by atoms with Gasteiger partial charge in [-0.25, -0.2) is 9.97 Å². The predicted octanol–water partition coefficient (Wildman–Crippen LogP) is 12.6. The summed E-state index contributed by atoms with van der Waals surface area (Å²) in [6.07, 6.45) is 4.06. The number of nitrogens with zero attached hydrogens (tertiary/aromatic N) is 4. The van der Waals surface area contributed by atoms with Crippen molar-refractivity contribution in [2.24, 2.45) is 0 Å². The topological polar surface area (TPSA) is 35.6 Å². The van der Waals surface area contributed by atoms with Crippen molar-refractivity contribution in [3.8, 4) is 45.3 Å². The summed E-state index contributed by atoms with van der Waals surface area (Å²) in [5.74, 6) is 0.693. The lowest BCUT2D eigenvalue weighted by atomic mass is 9.96. The molecule has 3 aromatic heterocycles. The zero-order valence-corrected chi connectivity index (χ0v) is 29.2. The van der Waals surface area contributed by atoms with Crippen LogP contribution in [0.1, 0.15) is 11.1 Å². The molecule has 4 heteroatoms. The summed E-state index contributed by atoms with van der Waals surface area (Å²) in [5, 5.41) is 5.83. The normalized spacial score (nSPS) is 11.6. The minimum absolute atomic E-state index is 0.693. The van der Waals surface area contributed by atoms with E-state index in [1.54, 1.807) is 0 Å². The molecule has 0 saturated carbocycles. The Bertz CT molecular complexity index is 3010. The quantitative estimate of drug-likeness (QED) is 0.175. The van der Waals surface area contributed by atoms with E-state index >= 15 is 0 Å². The van der Waals surface area contributed by atoms with Crippen molar-refractivity contribution in [2.45, 2.75) is 6.92 Å². The summed E-state index contributed by atoms with van der Waals surface area (Å²) >= 11 is 0. The highest BCUT2D eigenvalue weighted by Gasteiger charge is 2.28. The van der Waals surface area contributed by atoms with Gasteiger partial charge in [0.1, 0.15) is 0 Å². The van der Waals surface area contributed by atoms with E-state index in [9.17, 15) is 0 Å². The van der Waals surface area contributed by atoms with Crippen molar-refractivity contribution < 1.29 is 0 Å². The van der Waals surface area contributed by atoms with Gasteiger partial charge in [-0.15, -0.1) is 0 Å². The maximum absolute atomic E-state index is 5.31. The van der Waals surface area contributed by atoms with Gasteiger partial charge in [0, 0.05) is 54.9 Å². The van der Waals surface area contributed by atoms with Crippen LogP contribution >= 0.6 is 0 Å². The molecule has 0 spiro atoms. The van der Waals surface area contributed by atoms with Crippen molar-refractivity contribution in [1.29, 1.82) is 0 Å². The van der Waals surface area contributed by atoms with Crippen LogP contribution in [0, 0.1) is 6.92 Å². The van der Waals surface area contributed by atoms with E-state index < -0.39 is 0 Å². The lowest BCUT2D eigenvalue weighted by Crippen LogP contribution is -2.03. The van der Waals surface area contributed by atoms with Gasteiger partial charge in [-0.1, -0.05) is 158 Å². The highest BCUT2D eigenvalue weighted by atomic mass is 15.0. The van der Waals surface area contributed by atoms with Gasteiger partial charge in [-0.2, -0.15) is 0 Å². The molecule has 0 N–H and O–H groups in total. The molecular weight excluding hydrogens is 645 g/mol. The number of para-hydroxylation sites is 2. The molecule has 0 amide bonds. The van der Waals surface area contributed by atoms with Crippen LogP contribution in [-0.2, 0) is 0 Å². The van der Waals surface area contributed by atoms with Gasteiger partial charge >= 0.3 is 0 Å². The van der Waals surface area contributed by atoms with Crippen molar-refractivity contribution in [3.63, 3.8) is 0 Å². The number of hydrogen-bond donors (Lipinski definition) is 0. The fraction of sp³-hybridized carbons (Fsp3) is 0.0204. The molecule has 0 saturated heterocycles. The fourth-order valence-corrected chi connectivity index (χ4v) is 8.20. The molecule has 10 rings (SSSR count). The van der Waals surface area contributed by atoms with Crippen LogP contribution in [0.3, 0.4) is 0 Å². The van der Waals surface area contributed by atoms with Gasteiger partial charge in [-0.3, -0.25) is 0 Å². The number of aromatic nitrogens is 4. The maximum Gasteiger partial charge on any atom is 0.159 e.